The summed E-state index contributed by atoms with van der Waals surface area (Å²) in [6, 6.07) is 13.1. The molecule has 2 aromatic heterocycles. The molecule has 34 heavy (non-hydrogen) atoms. The van der Waals surface area contributed by atoms with E-state index >= 15 is 0 Å². The minimum atomic E-state index is -0.883. The number of benzene rings is 1. The van der Waals surface area contributed by atoms with E-state index in [4.69, 9.17) is 26.1 Å². The largest absolute Gasteiger partial charge is 0.493 e. The molecule has 1 atom stereocenters. The van der Waals surface area contributed by atoms with Crippen LogP contribution in [0.5, 0.6) is 5.75 Å². The summed E-state index contributed by atoms with van der Waals surface area (Å²) in [5, 5.41) is 19.4. The van der Waals surface area contributed by atoms with Crippen molar-refractivity contribution in [1.82, 2.24) is 15.0 Å². The summed E-state index contributed by atoms with van der Waals surface area (Å²) in [4.78, 5) is 11.5. The number of halogens is 1. The van der Waals surface area contributed by atoms with E-state index in [0.29, 0.717) is 45.2 Å². The van der Waals surface area contributed by atoms with Gasteiger partial charge in [-0.3, -0.25) is 0 Å². The molecule has 0 saturated carbocycles. The molecular formula is C23H26ClN7O3. The van der Waals surface area contributed by atoms with Crippen molar-refractivity contribution in [1.29, 1.82) is 0 Å². The zero-order valence-corrected chi connectivity index (χ0v) is 19.8. The first-order valence-electron chi connectivity index (χ1n) is 10.8. The van der Waals surface area contributed by atoms with Gasteiger partial charge in [0.2, 0.25) is 0 Å². The summed E-state index contributed by atoms with van der Waals surface area (Å²) in [5.41, 5.74) is 5.03. The Hall–Kier alpha value is -3.31. The second kappa shape index (κ2) is 9.15. The lowest BCUT2D eigenvalue weighted by atomic mass is 10.1. The predicted molar refractivity (Wildman–Crippen MR) is 132 cm³/mol. The molecule has 1 aromatic carbocycles. The number of rotatable bonds is 7. The van der Waals surface area contributed by atoms with Crippen LogP contribution in [0.4, 0.5) is 34.6 Å². The second-order valence-electron chi connectivity index (χ2n) is 8.13. The molecule has 0 bridgehead atoms. The van der Waals surface area contributed by atoms with Crippen LogP contribution in [-0.4, -0.2) is 60.5 Å². The summed E-state index contributed by atoms with van der Waals surface area (Å²) in [6.07, 6.45) is -0.644. The van der Waals surface area contributed by atoms with Crippen molar-refractivity contribution >= 4 is 46.2 Å². The highest BCUT2D eigenvalue weighted by Crippen LogP contribution is 2.42. The monoisotopic (exact) mass is 483 g/mol. The number of hydrazine groups is 1. The Kier molecular flexibility index (Phi) is 6.05. The SMILES string of the molecule is COc1c(Cl)cccc1Nc1cc(Nc2cccc(N3CC(OC)C3)n2)nc2c1C(O)N(C)N2. The number of aromatic nitrogens is 2. The van der Waals surface area contributed by atoms with E-state index in [0.717, 1.165) is 18.9 Å². The lowest BCUT2D eigenvalue weighted by Crippen LogP contribution is -2.52. The van der Waals surface area contributed by atoms with Crippen LogP contribution in [0, 0.1) is 0 Å². The third kappa shape index (κ3) is 4.16. The number of ether oxygens (including phenoxy) is 2. The number of fused-ring (bicyclic) bond motifs is 1. The van der Waals surface area contributed by atoms with Crippen LogP contribution in [0.15, 0.2) is 42.5 Å². The van der Waals surface area contributed by atoms with Crippen LogP contribution < -0.4 is 25.7 Å². The number of hydrogen-bond donors (Lipinski definition) is 4. The van der Waals surface area contributed by atoms with Gasteiger partial charge in [-0.15, -0.1) is 0 Å². The van der Waals surface area contributed by atoms with E-state index in [1.807, 2.05) is 36.4 Å². The van der Waals surface area contributed by atoms with Gasteiger partial charge in [-0.2, -0.15) is 5.01 Å². The highest BCUT2D eigenvalue weighted by molar-refractivity contribution is 6.32. The fourth-order valence-corrected chi connectivity index (χ4v) is 4.28. The Morgan fingerprint density at radius 1 is 1.06 bits per heavy atom. The third-order valence-electron chi connectivity index (χ3n) is 5.90. The van der Waals surface area contributed by atoms with Gasteiger partial charge >= 0.3 is 0 Å². The van der Waals surface area contributed by atoms with Crippen LogP contribution in [-0.2, 0) is 4.74 Å². The standard InChI is InChI=1S/C23H26ClN7O3/c1-30-23(32)20-16(25-15-7-4-6-14(24)21(15)34-3)10-18(28-22(20)29-30)26-17-8-5-9-19(27-17)31-11-13(12-31)33-2/h4-10,13,23,32H,11-12H2,1-3H3,(H3,25,26,27,28,29). The smallest absolute Gasteiger partial charge is 0.160 e. The van der Waals surface area contributed by atoms with Crippen LogP contribution in [0.2, 0.25) is 5.02 Å². The topological polar surface area (TPSA) is 107 Å². The molecule has 0 spiro atoms. The summed E-state index contributed by atoms with van der Waals surface area (Å²) in [6.45, 7) is 1.63. The molecule has 1 saturated heterocycles. The zero-order chi connectivity index (χ0) is 23.8. The zero-order valence-electron chi connectivity index (χ0n) is 19.0. The van der Waals surface area contributed by atoms with E-state index < -0.39 is 6.23 Å². The molecule has 0 radical (unpaired) electrons. The number of pyridine rings is 2. The van der Waals surface area contributed by atoms with Crippen molar-refractivity contribution in [2.75, 3.05) is 55.3 Å². The number of anilines is 6. The Labute approximate surface area is 202 Å². The Morgan fingerprint density at radius 3 is 2.62 bits per heavy atom. The van der Waals surface area contributed by atoms with Crippen LogP contribution in [0.25, 0.3) is 0 Å². The van der Waals surface area contributed by atoms with Gasteiger partial charge in [0.05, 0.1) is 35.2 Å². The normalized spacial score (nSPS) is 17.7. The van der Waals surface area contributed by atoms with Gasteiger partial charge in [-0.25, -0.2) is 9.97 Å². The van der Waals surface area contributed by atoms with Crippen molar-refractivity contribution in [2.45, 2.75) is 12.3 Å². The van der Waals surface area contributed by atoms with E-state index in [1.54, 1.807) is 32.3 Å². The van der Waals surface area contributed by atoms with Gasteiger partial charge in [0.15, 0.2) is 17.8 Å². The first-order chi connectivity index (χ1) is 16.5. The Morgan fingerprint density at radius 2 is 1.85 bits per heavy atom. The molecule has 4 N–H and O–H groups in total. The lowest BCUT2D eigenvalue weighted by Gasteiger charge is -2.39. The van der Waals surface area contributed by atoms with Gasteiger partial charge in [-0.1, -0.05) is 23.7 Å². The van der Waals surface area contributed by atoms with Gasteiger partial charge in [-0.05, 0) is 24.3 Å². The second-order valence-corrected chi connectivity index (χ2v) is 8.54. The van der Waals surface area contributed by atoms with Gasteiger partial charge in [0.25, 0.3) is 0 Å². The minimum absolute atomic E-state index is 0.239. The maximum atomic E-state index is 10.7. The number of aliphatic hydroxyl groups excluding tert-OH is 1. The van der Waals surface area contributed by atoms with E-state index in [-0.39, 0.29) is 6.10 Å². The van der Waals surface area contributed by atoms with Crippen molar-refractivity contribution in [3.8, 4) is 5.75 Å². The predicted octanol–water partition coefficient (Wildman–Crippen LogP) is 3.72. The highest BCUT2D eigenvalue weighted by atomic mass is 35.5. The minimum Gasteiger partial charge on any atom is -0.493 e. The summed E-state index contributed by atoms with van der Waals surface area (Å²) in [5.74, 6) is 3.13. The average Bonchev–Trinajstić information content (AvgIpc) is 3.07. The maximum absolute atomic E-state index is 10.7. The number of methoxy groups -OCH3 is 2. The molecular weight excluding hydrogens is 458 g/mol. The van der Waals surface area contributed by atoms with Crippen LogP contribution in [0.1, 0.15) is 11.8 Å². The van der Waals surface area contributed by atoms with Gasteiger partial charge in [0.1, 0.15) is 17.5 Å². The van der Waals surface area contributed by atoms with E-state index in [9.17, 15) is 5.11 Å². The van der Waals surface area contributed by atoms with Crippen molar-refractivity contribution in [3.05, 3.63) is 53.1 Å². The maximum Gasteiger partial charge on any atom is 0.160 e. The fraction of sp³-hybridized carbons (Fsp3) is 0.304. The number of aliphatic hydroxyl groups is 1. The van der Waals surface area contributed by atoms with E-state index in [1.165, 1.54) is 0 Å². The van der Waals surface area contributed by atoms with E-state index in [2.05, 4.69) is 25.9 Å². The fourth-order valence-electron chi connectivity index (χ4n) is 4.03. The summed E-state index contributed by atoms with van der Waals surface area (Å²) in [7, 11) is 5.03. The number of nitrogens with zero attached hydrogens (tertiary/aromatic N) is 4. The van der Waals surface area contributed by atoms with Gasteiger partial charge in [0, 0.05) is 33.3 Å². The Bertz CT molecular complexity index is 1210. The first-order valence-corrected chi connectivity index (χ1v) is 11.2. The van der Waals surface area contributed by atoms with Crippen molar-refractivity contribution in [3.63, 3.8) is 0 Å². The summed E-state index contributed by atoms with van der Waals surface area (Å²) < 4.78 is 10.8. The molecule has 1 unspecified atom stereocenters. The molecule has 0 amide bonds. The number of hydrogen-bond acceptors (Lipinski definition) is 10. The molecule has 0 aliphatic carbocycles. The average molecular weight is 484 g/mol. The molecule has 178 valence electrons. The molecule has 5 rings (SSSR count). The molecule has 3 aromatic rings. The molecule has 10 nitrogen and oxygen atoms in total. The molecule has 4 heterocycles. The number of para-hydroxylation sites is 1. The third-order valence-corrected chi connectivity index (χ3v) is 6.20. The van der Waals surface area contributed by atoms with Crippen molar-refractivity contribution < 1.29 is 14.6 Å². The lowest BCUT2D eigenvalue weighted by molar-refractivity contribution is 0.0524. The Balaban J connectivity index is 1.46. The quantitative estimate of drug-likeness (QED) is 0.397. The van der Waals surface area contributed by atoms with Crippen LogP contribution in [0.3, 0.4) is 0 Å². The highest BCUT2D eigenvalue weighted by Gasteiger charge is 2.31. The van der Waals surface area contributed by atoms with Crippen molar-refractivity contribution in [2.24, 2.45) is 0 Å². The molecule has 1 fully saturated rings. The first kappa shape index (κ1) is 22.5. The summed E-state index contributed by atoms with van der Waals surface area (Å²) >= 11 is 6.30. The number of nitrogens with one attached hydrogen (secondary N) is 3. The van der Waals surface area contributed by atoms with Crippen LogP contribution >= 0.6 is 11.6 Å². The van der Waals surface area contributed by atoms with Gasteiger partial charge < -0.3 is 35.5 Å². The molecule has 11 heteroatoms. The molecule has 2 aliphatic heterocycles. The molecule has 2 aliphatic rings.